The quantitative estimate of drug-likeness (QED) is 0.101. The number of fused-ring (bicyclic) bond motifs is 10. The van der Waals surface area contributed by atoms with Crippen molar-refractivity contribution in [2.45, 2.75) is 131 Å². The van der Waals surface area contributed by atoms with Crippen LogP contribution in [0, 0.1) is 17.9 Å². The van der Waals surface area contributed by atoms with Crippen molar-refractivity contribution in [1.29, 1.82) is 5.26 Å². The molecule has 0 radical (unpaired) electrons. The second kappa shape index (κ2) is 28.2. The van der Waals surface area contributed by atoms with Gasteiger partial charge in [-0.15, -0.1) is 0 Å². The Hall–Kier alpha value is -13.5. The van der Waals surface area contributed by atoms with E-state index >= 15 is 0 Å². The lowest BCUT2D eigenvalue weighted by atomic mass is 9.33. The van der Waals surface area contributed by atoms with Gasteiger partial charge in [-0.2, -0.15) is 5.26 Å². The zero-order valence-corrected chi connectivity index (χ0v) is 70.8. The number of hydrogen-bond donors (Lipinski definition) is 0. The Kier molecular flexibility index (Phi) is 17.9. The molecule has 0 saturated carbocycles. The first-order valence-corrected chi connectivity index (χ1v) is 41.9. The third kappa shape index (κ3) is 13.0. The maximum atomic E-state index is 10.8. The molecular formula is C112H97BN6. The fraction of sp³-hybridized carbons (Fsp3) is 0.179. The molecule has 17 aromatic rings. The van der Waals surface area contributed by atoms with E-state index < -0.39 is 5.41 Å². The van der Waals surface area contributed by atoms with Gasteiger partial charge in [0, 0.05) is 77.9 Å². The molecule has 4 heterocycles. The summed E-state index contributed by atoms with van der Waals surface area (Å²) in [5.74, 6) is 0. The van der Waals surface area contributed by atoms with Crippen LogP contribution in [0.1, 0.15) is 137 Å². The van der Waals surface area contributed by atoms with Crippen molar-refractivity contribution in [3.63, 3.8) is 0 Å². The molecule has 6 nitrogen and oxygen atoms in total. The van der Waals surface area contributed by atoms with Crippen molar-refractivity contribution in [3.8, 4) is 84.2 Å². The van der Waals surface area contributed by atoms with E-state index in [4.69, 9.17) is 6.57 Å². The Morgan fingerprint density at radius 2 is 0.613 bits per heavy atom. The zero-order chi connectivity index (χ0) is 82.5. The van der Waals surface area contributed by atoms with Crippen LogP contribution in [0.15, 0.2) is 315 Å². The van der Waals surface area contributed by atoms with Gasteiger partial charge in [0.25, 0.3) is 6.71 Å². The highest BCUT2D eigenvalue weighted by Gasteiger charge is 2.47. The van der Waals surface area contributed by atoms with Gasteiger partial charge in [0.15, 0.2) is 5.69 Å². The third-order valence-electron chi connectivity index (χ3n) is 25.0. The fourth-order valence-corrected chi connectivity index (χ4v) is 18.6. The van der Waals surface area contributed by atoms with Crippen molar-refractivity contribution >= 4 is 107 Å². The number of para-hydroxylation sites is 4. The van der Waals surface area contributed by atoms with E-state index in [0.717, 1.165) is 140 Å². The number of hydrogen-bond acceptors (Lipinski definition) is 3. The highest BCUT2D eigenvalue weighted by molar-refractivity contribution is 7.00. The lowest BCUT2D eigenvalue weighted by Gasteiger charge is -2.46. The minimum absolute atomic E-state index is 0.237. The van der Waals surface area contributed by atoms with Crippen molar-refractivity contribution < 1.29 is 0 Å². The molecule has 0 bridgehead atoms. The van der Waals surface area contributed by atoms with E-state index in [1.165, 1.54) is 60.3 Å². The number of rotatable bonds is 10. The molecule has 0 atom stereocenters. The van der Waals surface area contributed by atoms with Crippen LogP contribution in [-0.4, -0.2) is 15.8 Å². The Morgan fingerprint density at radius 3 is 0.975 bits per heavy atom. The van der Waals surface area contributed by atoms with Gasteiger partial charge < -0.3 is 18.9 Å². The standard InChI is InChI=1S/C112H97BN6/c1-108(2,3)79-54-77(55-80(63-79)109(4,5)6)93-61-75(73-38-31-33-70(53-73)69-114)59-91(71-34-19-17-20-35-71)106(93)118-101-67-85(116-97-45-27-23-41-87(97)88-42-24-28-46-98(88)116)49-51-95(101)113-96-52-50-86(117-99-47-29-25-43-89(99)90-44-26-30-48-100(90)117)68-102(96)119(104-66-83(112(13,14)15)65-103(118)105(104)113)107-92(72-36-21-18-22-37-72)60-76(74-39-32-40-84(58-74)115-16)62-94(107)78-56-81(110(7,8)9)64-82(57-78)111(10,11)12/h17-68H,1-15H3. The van der Waals surface area contributed by atoms with Crippen LogP contribution in [0.4, 0.5) is 39.8 Å². The van der Waals surface area contributed by atoms with Gasteiger partial charge in [-0.3, -0.25) is 0 Å². The largest absolute Gasteiger partial charge is 0.310 e. The molecule has 2 aliphatic rings. The van der Waals surface area contributed by atoms with Gasteiger partial charge in [-0.25, -0.2) is 4.85 Å². The molecule has 0 fully saturated rings. The summed E-state index contributed by atoms with van der Waals surface area (Å²) < 4.78 is 4.98. The smallest absolute Gasteiger partial charge is 0.252 e. The number of anilines is 6. The minimum atomic E-state index is -0.441. The highest BCUT2D eigenvalue weighted by Crippen LogP contribution is 2.57. The normalized spacial score (nSPS) is 12.9. The Labute approximate surface area is 701 Å². The molecule has 119 heavy (non-hydrogen) atoms. The van der Waals surface area contributed by atoms with Crippen LogP contribution in [0.3, 0.4) is 0 Å². The molecule has 0 N–H and O–H groups in total. The van der Waals surface area contributed by atoms with Gasteiger partial charge in [0.1, 0.15) is 0 Å². The van der Waals surface area contributed by atoms with Crippen LogP contribution < -0.4 is 26.2 Å². The van der Waals surface area contributed by atoms with Gasteiger partial charge in [-0.05, 0) is 219 Å². The average molecular weight is 1540 g/mol. The van der Waals surface area contributed by atoms with E-state index in [1.54, 1.807) is 0 Å². The second-order valence-electron chi connectivity index (χ2n) is 38.0. The Bertz CT molecular complexity index is 6510. The van der Waals surface area contributed by atoms with E-state index in [9.17, 15) is 5.26 Å². The SMILES string of the molecule is [C-]#[N+]c1cccc(-c2cc(-c3ccccc3)c(N3c4cc(-n5c6ccccc6c6ccccc65)ccc4B4c5ccc(-n6c7ccccc7c7ccccc76)cc5N(c5c(-c6ccccc6)cc(-c6cccc(C#N)c6)cc5-c5cc(C(C)(C)C)cc(C(C)(C)C)c5)c5cc(C(C)(C)C)cc3c54)c(-c3cc(C(C)(C)C)cc(C(C)(C)C)c3)c2)c1. The first kappa shape index (κ1) is 75.6. The molecule has 19 rings (SSSR count). The molecule has 578 valence electrons. The average Bonchev–Trinajstić information content (AvgIpc) is 1.05. The maximum Gasteiger partial charge on any atom is 0.252 e. The Morgan fingerprint density at radius 1 is 0.286 bits per heavy atom. The predicted molar refractivity (Wildman–Crippen MR) is 506 cm³/mol. The second-order valence-corrected chi connectivity index (χ2v) is 38.0. The van der Waals surface area contributed by atoms with E-state index in [2.05, 4.69) is 425 Å². The molecule has 0 saturated heterocycles. The van der Waals surface area contributed by atoms with Crippen LogP contribution in [0.25, 0.3) is 127 Å². The summed E-state index contributed by atoms with van der Waals surface area (Å²) >= 11 is 0. The van der Waals surface area contributed by atoms with Crippen LogP contribution in [-0.2, 0) is 27.1 Å². The summed E-state index contributed by atoms with van der Waals surface area (Å²) in [6.45, 7) is 43.4. The monoisotopic (exact) mass is 1540 g/mol. The fourth-order valence-electron chi connectivity index (χ4n) is 18.6. The molecule has 0 unspecified atom stereocenters. The summed E-state index contributed by atoms with van der Waals surface area (Å²) in [5, 5.41) is 15.5. The topological polar surface area (TPSA) is 44.5 Å². The molecule has 0 aliphatic carbocycles. The van der Waals surface area contributed by atoms with Crippen LogP contribution in [0.5, 0.6) is 0 Å². The van der Waals surface area contributed by atoms with Gasteiger partial charge in [-0.1, -0.05) is 316 Å². The lowest BCUT2D eigenvalue weighted by Crippen LogP contribution is -2.61. The molecule has 0 amide bonds. The minimum Gasteiger partial charge on any atom is -0.310 e. The number of nitriles is 1. The van der Waals surface area contributed by atoms with Crippen molar-refractivity contribution in [2.24, 2.45) is 0 Å². The first-order chi connectivity index (χ1) is 57.1. The summed E-state index contributed by atoms with van der Waals surface area (Å²) in [5.41, 5.74) is 34.9. The molecule has 2 aromatic heterocycles. The van der Waals surface area contributed by atoms with Crippen LogP contribution in [0.2, 0.25) is 0 Å². The van der Waals surface area contributed by atoms with Gasteiger partial charge in [0.2, 0.25) is 0 Å². The van der Waals surface area contributed by atoms with Gasteiger partial charge in [0.05, 0.1) is 51.6 Å². The molecule has 2 aliphatic heterocycles. The van der Waals surface area contributed by atoms with Crippen molar-refractivity contribution in [3.05, 3.63) is 360 Å². The maximum absolute atomic E-state index is 10.8. The van der Waals surface area contributed by atoms with Crippen LogP contribution >= 0.6 is 0 Å². The van der Waals surface area contributed by atoms with E-state index in [1.807, 2.05) is 24.3 Å². The first-order valence-electron chi connectivity index (χ1n) is 41.9. The Balaban J connectivity index is 1.03. The molecule has 0 spiro atoms. The van der Waals surface area contributed by atoms with Gasteiger partial charge >= 0.3 is 0 Å². The van der Waals surface area contributed by atoms with Crippen molar-refractivity contribution in [2.75, 3.05) is 9.80 Å². The number of nitrogens with zero attached hydrogens (tertiary/aromatic N) is 6. The highest BCUT2D eigenvalue weighted by atomic mass is 15.2. The summed E-state index contributed by atoms with van der Waals surface area (Å²) in [6.07, 6.45) is 0. The third-order valence-corrected chi connectivity index (χ3v) is 25.0. The zero-order valence-electron chi connectivity index (χ0n) is 70.8. The molecule has 7 heteroatoms. The van der Waals surface area contributed by atoms with Crippen molar-refractivity contribution in [1.82, 2.24) is 9.13 Å². The number of benzene rings is 15. The molecular weight excluding hydrogens is 1440 g/mol. The van der Waals surface area contributed by atoms with E-state index in [0.29, 0.717) is 11.3 Å². The summed E-state index contributed by atoms with van der Waals surface area (Å²) in [6, 6.07) is 121. The predicted octanol–water partition coefficient (Wildman–Crippen LogP) is 28.9. The summed E-state index contributed by atoms with van der Waals surface area (Å²) in [7, 11) is 0. The lowest BCUT2D eigenvalue weighted by molar-refractivity contribution is 0.568. The number of aromatic nitrogens is 2. The summed E-state index contributed by atoms with van der Waals surface area (Å²) in [4.78, 5) is 9.50. The van der Waals surface area contributed by atoms with E-state index in [-0.39, 0.29) is 28.4 Å². The molecule has 15 aromatic carbocycles.